The number of nitrogens with zero attached hydrogens (tertiary/aromatic N) is 2. The minimum absolute atomic E-state index is 0.00135. The van der Waals surface area contributed by atoms with Crippen LogP contribution in [-0.4, -0.2) is 35.2 Å². The molecule has 1 saturated heterocycles. The van der Waals surface area contributed by atoms with Gasteiger partial charge in [-0.1, -0.05) is 35.9 Å². The molecule has 0 aromatic heterocycles. The van der Waals surface area contributed by atoms with Gasteiger partial charge in [0.1, 0.15) is 10.7 Å². The van der Waals surface area contributed by atoms with Crippen molar-refractivity contribution >= 4 is 40.7 Å². The molecule has 2 heterocycles. The molecule has 0 spiro atoms. The quantitative estimate of drug-likeness (QED) is 0.750. The number of imide groups is 1. The van der Waals surface area contributed by atoms with Gasteiger partial charge in [0.05, 0.1) is 5.69 Å². The molecule has 30 heavy (non-hydrogen) atoms. The van der Waals surface area contributed by atoms with Gasteiger partial charge < -0.3 is 10.2 Å². The Bertz CT molecular complexity index is 1030. The monoisotopic (exact) mass is 423 g/mol. The van der Waals surface area contributed by atoms with Crippen molar-refractivity contribution in [1.82, 2.24) is 4.90 Å². The summed E-state index contributed by atoms with van der Waals surface area (Å²) in [4.78, 5) is 41.3. The first-order chi connectivity index (χ1) is 14.5. The van der Waals surface area contributed by atoms with Crippen LogP contribution in [0.5, 0.6) is 0 Å². The van der Waals surface area contributed by atoms with Crippen molar-refractivity contribution in [1.29, 1.82) is 0 Å². The number of carbonyl (C=O) groups is 3. The van der Waals surface area contributed by atoms with Crippen LogP contribution in [0.25, 0.3) is 0 Å². The van der Waals surface area contributed by atoms with Crippen LogP contribution in [0.2, 0.25) is 0 Å². The topological polar surface area (TPSA) is 69.7 Å². The normalized spacial score (nSPS) is 19.5. The van der Waals surface area contributed by atoms with Gasteiger partial charge in [0, 0.05) is 23.8 Å². The Morgan fingerprint density at radius 2 is 1.80 bits per heavy atom. The Morgan fingerprint density at radius 1 is 1.03 bits per heavy atom. The molecule has 4 rings (SSSR count). The van der Waals surface area contributed by atoms with Gasteiger partial charge in [0.2, 0.25) is 0 Å². The van der Waals surface area contributed by atoms with Crippen molar-refractivity contribution in [2.45, 2.75) is 32.2 Å². The highest BCUT2D eigenvalue weighted by Gasteiger charge is 2.39. The smallest absolute Gasteiger partial charge is 0.283 e. The molecule has 3 amide bonds. The van der Waals surface area contributed by atoms with E-state index in [2.05, 4.69) is 12.2 Å². The zero-order valence-corrected chi connectivity index (χ0v) is 17.4. The first kappa shape index (κ1) is 20.2. The van der Waals surface area contributed by atoms with E-state index in [1.165, 1.54) is 0 Å². The minimum atomic E-state index is -0.579. The molecule has 1 unspecified atom stereocenters. The van der Waals surface area contributed by atoms with Crippen LogP contribution in [0.3, 0.4) is 0 Å². The third kappa shape index (κ3) is 3.71. The maximum Gasteiger partial charge on any atom is 0.283 e. The number of halogens is 1. The van der Waals surface area contributed by atoms with E-state index in [4.69, 9.17) is 11.6 Å². The number of nitrogens with one attached hydrogen (secondary N) is 1. The van der Waals surface area contributed by atoms with E-state index in [0.29, 0.717) is 16.9 Å². The van der Waals surface area contributed by atoms with Crippen LogP contribution in [0.15, 0.2) is 65.3 Å². The van der Waals surface area contributed by atoms with Gasteiger partial charge in [0.15, 0.2) is 0 Å². The van der Waals surface area contributed by atoms with Crippen molar-refractivity contribution in [2.24, 2.45) is 0 Å². The van der Waals surface area contributed by atoms with E-state index in [9.17, 15) is 14.4 Å². The number of carbonyl (C=O) groups excluding carboxylic acids is 3. The number of rotatable bonds is 4. The number of piperidine rings is 1. The number of likely N-dealkylation sites (tertiary alicyclic amines) is 1. The van der Waals surface area contributed by atoms with Gasteiger partial charge in [-0.05, 0) is 56.5 Å². The number of anilines is 2. The van der Waals surface area contributed by atoms with Crippen molar-refractivity contribution in [2.75, 3.05) is 16.8 Å². The number of para-hydroxylation sites is 1. The fraction of sp³-hybridized carbons (Fsp3) is 0.261. The minimum Gasteiger partial charge on any atom is -0.350 e. The summed E-state index contributed by atoms with van der Waals surface area (Å²) >= 11 is 6.19. The molecule has 2 aliphatic heterocycles. The Hall–Kier alpha value is -3.12. The van der Waals surface area contributed by atoms with Gasteiger partial charge in [-0.3, -0.25) is 14.4 Å². The third-order valence-corrected chi connectivity index (χ3v) is 5.84. The lowest BCUT2D eigenvalue weighted by Gasteiger charge is -2.33. The van der Waals surface area contributed by atoms with Crippen LogP contribution < -0.4 is 10.2 Å². The zero-order chi connectivity index (χ0) is 21.3. The van der Waals surface area contributed by atoms with Crippen molar-refractivity contribution in [3.63, 3.8) is 0 Å². The lowest BCUT2D eigenvalue weighted by Crippen LogP contribution is -2.42. The van der Waals surface area contributed by atoms with E-state index in [1.807, 2.05) is 4.90 Å². The molecule has 1 atom stereocenters. The summed E-state index contributed by atoms with van der Waals surface area (Å²) in [5.41, 5.74) is 1.50. The Kier molecular flexibility index (Phi) is 5.59. The number of amides is 3. The van der Waals surface area contributed by atoms with Gasteiger partial charge in [-0.15, -0.1) is 0 Å². The molecule has 1 fully saturated rings. The highest BCUT2D eigenvalue weighted by atomic mass is 35.5. The first-order valence-corrected chi connectivity index (χ1v) is 10.4. The van der Waals surface area contributed by atoms with Crippen molar-refractivity contribution in [3.8, 4) is 0 Å². The van der Waals surface area contributed by atoms with Crippen LogP contribution >= 0.6 is 11.6 Å². The fourth-order valence-electron chi connectivity index (χ4n) is 3.86. The SMILES string of the molecule is CC1CCCCN1C(=O)c1cccc(NC2=C(Cl)C(=O)N(c3ccccc3)C2=O)c1. The zero-order valence-electron chi connectivity index (χ0n) is 16.6. The van der Waals surface area contributed by atoms with E-state index >= 15 is 0 Å². The lowest BCUT2D eigenvalue weighted by atomic mass is 10.0. The van der Waals surface area contributed by atoms with E-state index in [1.54, 1.807) is 54.6 Å². The summed E-state index contributed by atoms with van der Waals surface area (Å²) in [6.45, 7) is 2.80. The van der Waals surface area contributed by atoms with Crippen LogP contribution in [0.4, 0.5) is 11.4 Å². The second kappa shape index (κ2) is 8.32. The average Bonchev–Trinajstić information content (AvgIpc) is 2.97. The van der Waals surface area contributed by atoms with Crippen molar-refractivity contribution < 1.29 is 14.4 Å². The predicted octanol–water partition coefficient (Wildman–Crippen LogP) is 4.14. The van der Waals surface area contributed by atoms with E-state index in [-0.39, 0.29) is 22.7 Å². The predicted molar refractivity (Wildman–Crippen MR) is 116 cm³/mol. The summed E-state index contributed by atoms with van der Waals surface area (Å²) in [6, 6.07) is 15.7. The van der Waals surface area contributed by atoms with Gasteiger partial charge in [-0.2, -0.15) is 0 Å². The molecule has 0 saturated carbocycles. The number of benzene rings is 2. The highest BCUT2D eigenvalue weighted by molar-refractivity contribution is 6.53. The molecule has 6 nitrogen and oxygen atoms in total. The summed E-state index contributed by atoms with van der Waals surface area (Å²) in [7, 11) is 0. The maximum absolute atomic E-state index is 12.9. The lowest BCUT2D eigenvalue weighted by molar-refractivity contribution is -0.120. The molecule has 2 aliphatic rings. The average molecular weight is 424 g/mol. The Balaban J connectivity index is 1.56. The fourth-order valence-corrected chi connectivity index (χ4v) is 4.08. The second-order valence-electron chi connectivity index (χ2n) is 7.52. The van der Waals surface area contributed by atoms with Gasteiger partial charge in [0.25, 0.3) is 17.7 Å². The molecule has 0 radical (unpaired) electrons. The van der Waals surface area contributed by atoms with Gasteiger partial charge in [-0.25, -0.2) is 4.90 Å². The molecule has 2 aromatic carbocycles. The van der Waals surface area contributed by atoms with Crippen molar-refractivity contribution in [3.05, 3.63) is 70.9 Å². The maximum atomic E-state index is 12.9. The summed E-state index contributed by atoms with van der Waals surface area (Å²) in [5, 5.41) is 2.77. The molecule has 0 bridgehead atoms. The summed E-state index contributed by atoms with van der Waals surface area (Å²) in [6.07, 6.45) is 3.13. The molecule has 1 N–H and O–H groups in total. The first-order valence-electron chi connectivity index (χ1n) is 9.99. The summed E-state index contributed by atoms with van der Waals surface area (Å²) in [5.74, 6) is -1.15. The van der Waals surface area contributed by atoms with Crippen LogP contribution in [-0.2, 0) is 9.59 Å². The molecular weight excluding hydrogens is 402 g/mol. The highest BCUT2D eigenvalue weighted by Crippen LogP contribution is 2.30. The number of hydrogen-bond acceptors (Lipinski definition) is 4. The number of hydrogen-bond donors (Lipinski definition) is 1. The largest absolute Gasteiger partial charge is 0.350 e. The molecule has 154 valence electrons. The van der Waals surface area contributed by atoms with Crippen LogP contribution in [0, 0.1) is 0 Å². The Morgan fingerprint density at radius 3 is 2.53 bits per heavy atom. The second-order valence-corrected chi connectivity index (χ2v) is 7.90. The van der Waals surface area contributed by atoms with E-state index in [0.717, 1.165) is 30.7 Å². The molecular formula is C23H22ClN3O3. The molecule has 7 heteroatoms. The molecule has 0 aliphatic carbocycles. The van der Waals surface area contributed by atoms with Gasteiger partial charge >= 0.3 is 0 Å². The standard InChI is InChI=1S/C23H22ClN3O3/c1-15-8-5-6-13-26(15)21(28)16-9-7-10-17(14-16)25-20-19(24)22(29)27(23(20)30)18-11-3-2-4-12-18/h2-4,7,9-12,14-15,25H,5-6,8,13H2,1H3. The third-order valence-electron chi connectivity index (χ3n) is 5.48. The van der Waals surface area contributed by atoms with Crippen LogP contribution in [0.1, 0.15) is 36.5 Å². The molecule has 2 aromatic rings. The van der Waals surface area contributed by atoms with E-state index < -0.39 is 11.8 Å². The summed E-state index contributed by atoms with van der Waals surface area (Å²) < 4.78 is 0. The Labute approximate surface area is 180 Å².